The number of halogens is 3. The van der Waals surface area contributed by atoms with Gasteiger partial charge in [0.1, 0.15) is 17.5 Å². The Morgan fingerprint density at radius 2 is 1.68 bits per heavy atom. The van der Waals surface area contributed by atoms with Gasteiger partial charge in [-0.3, -0.25) is 0 Å². The van der Waals surface area contributed by atoms with Gasteiger partial charge in [0, 0.05) is 30.2 Å². The summed E-state index contributed by atoms with van der Waals surface area (Å²) >= 11 is 0. The van der Waals surface area contributed by atoms with E-state index in [9.17, 15) is 23.1 Å². The van der Waals surface area contributed by atoms with Crippen LogP contribution < -0.4 is 10.6 Å². The molecule has 8 heteroatoms. The molecule has 186 valence electrons. The monoisotopic (exact) mass is 477 g/mol. The van der Waals surface area contributed by atoms with Crippen molar-refractivity contribution in [1.82, 2.24) is 15.6 Å². The van der Waals surface area contributed by atoms with Crippen LogP contribution >= 0.6 is 0 Å². The van der Waals surface area contributed by atoms with Crippen LogP contribution in [0.15, 0.2) is 42.5 Å². The lowest BCUT2D eigenvalue weighted by molar-refractivity contribution is 0.0818. The van der Waals surface area contributed by atoms with Gasteiger partial charge in [-0.05, 0) is 74.6 Å². The maximum Gasteiger partial charge on any atom is 0.314 e. The van der Waals surface area contributed by atoms with Crippen LogP contribution in [0.1, 0.15) is 47.0 Å². The van der Waals surface area contributed by atoms with Crippen LogP contribution in [-0.4, -0.2) is 34.8 Å². The molecule has 0 saturated heterocycles. The Balaban J connectivity index is 0.000000231. The average Bonchev–Trinajstić information content (AvgIpc) is 3.17. The van der Waals surface area contributed by atoms with Crippen molar-refractivity contribution in [2.75, 3.05) is 13.1 Å². The SMILES string of the molecule is CC.CC(C)(O)CNC(=O)NCC1CCC1.Fc1ccc(-c2cc3cc(F)cc(F)c3[nH]2)cc1. The first kappa shape index (κ1) is 27.2. The molecule has 1 aliphatic rings. The highest BCUT2D eigenvalue weighted by Gasteiger charge is 2.18. The van der Waals surface area contributed by atoms with Crippen molar-refractivity contribution in [3.8, 4) is 11.3 Å². The van der Waals surface area contributed by atoms with Crippen LogP contribution in [0.3, 0.4) is 0 Å². The molecule has 5 nitrogen and oxygen atoms in total. The largest absolute Gasteiger partial charge is 0.389 e. The Kier molecular flexibility index (Phi) is 9.98. The molecule has 2 aromatic carbocycles. The second-order valence-corrected chi connectivity index (χ2v) is 8.71. The fourth-order valence-electron chi connectivity index (χ4n) is 3.24. The molecule has 0 spiro atoms. The second kappa shape index (κ2) is 12.5. The molecule has 0 bridgehead atoms. The van der Waals surface area contributed by atoms with Gasteiger partial charge < -0.3 is 20.7 Å². The van der Waals surface area contributed by atoms with Gasteiger partial charge in [0.15, 0.2) is 0 Å². The minimum absolute atomic E-state index is 0.181. The maximum atomic E-state index is 13.5. The van der Waals surface area contributed by atoms with Crippen LogP contribution in [0.4, 0.5) is 18.0 Å². The topological polar surface area (TPSA) is 77.2 Å². The molecular weight excluding hydrogens is 443 g/mol. The summed E-state index contributed by atoms with van der Waals surface area (Å²) in [5.41, 5.74) is 0.742. The molecule has 0 atom stereocenters. The van der Waals surface area contributed by atoms with Crippen molar-refractivity contribution in [3.05, 3.63) is 59.9 Å². The molecule has 3 aromatic rings. The van der Waals surface area contributed by atoms with E-state index < -0.39 is 17.2 Å². The van der Waals surface area contributed by atoms with Crippen LogP contribution in [0.25, 0.3) is 22.2 Å². The van der Waals surface area contributed by atoms with Crippen molar-refractivity contribution in [2.24, 2.45) is 5.92 Å². The highest BCUT2D eigenvalue weighted by Crippen LogP contribution is 2.27. The molecule has 1 aromatic heterocycles. The molecule has 1 aliphatic carbocycles. The van der Waals surface area contributed by atoms with Crippen molar-refractivity contribution in [3.63, 3.8) is 0 Å². The number of H-pyrrole nitrogens is 1. The average molecular weight is 478 g/mol. The fraction of sp³-hybridized carbons (Fsp3) is 0.423. The number of aromatic amines is 1. The first-order valence-electron chi connectivity index (χ1n) is 11.6. The summed E-state index contributed by atoms with van der Waals surface area (Å²) in [6, 6.07) is 9.32. The van der Waals surface area contributed by atoms with Gasteiger partial charge in [0.25, 0.3) is 0 Å². The maximum absolute atomic E-state index is 13.5. The zero-order chi connectivity index (χ0) is 25.3. The molecule has 1 heterocycles. The zero-order valence-electron chi connectivity index (χ0n) is 20.1. The van der Waals surface area contributed by atoms with E-state index in [4.69, 9.17) is 0 Å². The summed E-state index contributed by atoms with van der Waals surface area (Å²) in [5, 5.41) is 15.2. The molecule has 0 radical (unpaired) electrons. The third-order valence-electron chi connectivity index (χ3n) is 5.26. The van der Waals surface area contributed by atoms with E-state index in [2.05, 4.69) is 15.6 Å². The Bertz CT molecular complexity index is 1060. The predicted octanol–water partition coefficient (Wildman–Crippen LogP) is 6.14. The van der Waals surface area contributed by atoms with Gasteiger partial charge in [0.2, 0.25) is 0 Å². The quantitative estimate of drug-likeness (QED) is 0.357. The summed E-state index contributed by atoms with van der Waals surface area (Å²) in [6.45, 7) is 8.37. The minimum atomic E-state index is -0.839. The standard InChI is InChI=1S/C14H8F3N.C10H20N2O2.C2H6/c15-10-3-1-8(2-4-10)13-6-9-5-11(16)7-12(17)14(9)18-13;1-10(2,14)7-12-9(13)11-6-8-4-3-5-8;1-2/h1-7,18H;8,14H,3-7H2,1-2H3,(H2,11,12,13);1-2H3. The molecule has 4 N–H and O–H groups in total. The van der Waals surface area contributed by atoms with Gasteiger partial charge in [0.05, 0.1) is 11.1 Å². The molecule has 1 fully saturated rings. The van der Waals surface area contributed by atoms with E-state index in [-0.39, 0.29) is 23.9 Å². The molecular formula is C26H34F3N3O2. The van der Waals surface area contributed by atoms with Gasteiger partial charge in [-0.25, -0.2) is 18.0 Å². The van der Waals surface area contributed by atoms with E-state index in [1.54, 1.807) is 32.0 Å². The third kappa shape index (κ3) is 8.41. The van der Waals surface area contributed by atoms with Crippen molar-refractivity contribution < 1.29 is 23.1 Å². The lowest BCUT2D eigenvalue weighted by Crippen LogP contribution is -2.45. The van der Waals surface area contributed by atoms with Gasteiger partial charge in [-0.1, -0.05) is 20.3 Å². The Hall–Kier alpha value is -3.00. The Labute approximate surface area is 198 Å². The molecule has 0 aliphatic heterocycles. The first-order chi connectivity index (χ1) is 16.1. The summed E-state index contributed by atoms with van der Waals surface area (Å²) in [5.74, 6) is -0.932. The number of hydrogen-bond donors (Lipinski definition) is 4. The van der Waals surface area contributed by atoms with Crippen molar-refractivity contribution in [2.45, 2.75) is 52.6 Å². The minimum Gasteiger partial charge on any atom is -0.389 e. The van der Waals surface area contributed by atoms with Gasteiger partial charge in [-0.15, -0.1) is 0 Å². The predicted molar refractivity (Wildman–Crippen MR) is 130 cm³/mol. The smallest absolute Gasteiger partial charge is 0.314 e. The van der Waals surface area contributed by atoms with Crippen LogP contribution in [0.5, 0.6) is 0 Å². The summed E-state index contributed by atoms with van der Waals surface area (Å²) in [4.78, 5) is 14.1. The number of benzene rings is 2. The molecule has 0 unspecified atom stereocenters. The third-order valence-corrected chi connectivity index (χ3v) is 5.26. The van der Waals surface area contributed by atoms with E-state index in [1.807, 2.05) is 13.8 Å². The number of amides is 2. The zero-order valence-corrected chi connectivity index (χ0v) is 20.1. The van der Waals surface area contributed by atoms with Gasteiger partial charge >= 0.3 is 6.03 Å². The number of carbonyl (C=O) groups is 1. The summed E-state index contributed by atoms with van der Waals surface area (Å²) in [7, 11) is 0. The normalized spacial score (nSPS) is 13.2. The number of aromatic nitrogens is 1. The van der Waals surface area contributed by atoms with Crippen LogP contribution in [0, 0.1) is 23.4 Å². The lowest BCUT2D eigenvalue weighted by atomic mass is 9.85. The van der Waals surface area contributed by atoms with E-state index in [1.165, 1.54) is 37.5 Å². The van der Waals surface area contributed by atoms with E-state index in [0.29, 0.717) is 22.6 Å². The fourth-order valence-corrected chi connectivity index (χ4v) is 3.24. The number of nitrogens with one attached hydrogen (secondary N) is 3. The molecule has 4 rings (SSSR count). The van der Waals surface area contributed by atoms with Crippen LogP contribution in [0.2, 0.25) is 0 Å². The van der Waals surface area contributed by atoms with E-state index >= 15 is 0 Å². The van der Waals surface area contributed by atoms with Crippen LogP contribution in [-0.2, 0) is 0 Å². The Morgan fingerprint density at radius 1 is 1.03 bits per heavy atom. The molecule has 34 heavy (non-hydrogen) atoms. The number of rotatable bonds is 5. The number of urea groups is 1. The summed E-state index contributed by atoms with van der Waals surface area (Å²) in [6.07, 6.45) is 3.75. The highest BCUT2D eigenvalue weighted by molar-refractivity contribution is 5.86. The van der Waals surface area contributed by atoms with Crippen molar-refractivity contribution >= 4 is 16.9 Å². The molecule has 1 saturated carbocycles. The number of carbonyl (C=O) groups excluding carboxylic acids is 1. The number of hydrogen-bond acceptors (Lipinski definition) is 2. The number of fused-ring (bicyclic) bond motifs is 1. The van der Waals surface area contributed by atoms with E-state index in [0.717, 1.165) is 12.6 Å². The second-order valence-electron chi connectivity index (χ2n) is 8.71. The number of aliphatic hydroxyl groups is 1. The highest BCUT2D eigenvalue weighted by atomic mass is 19.1. The Morgan fingerprint density at radius 3 is 2.24 bits per heavy atom. The first-order valence-corrected chi connectivity index (χ1v) is 11.6. The lowest BCUT2D eigenvalue weighted by Gasteiger charge is -2.25. The molecule has 2 amide bonds. The van der Waals surface area contributed by atoms with Crippen molar-refractivity contribution in [1.29, 1.82) is 0 Å². The summed E-state index contributed by atoms with van der Waals surface area (Å²) < 4.78 is 39.4. The van der Waals surface area contributed by atoms with Gasteiger partial charge in [-0.2, -0.15) is 0 Å².